The lowest BCUT2D eigenvalue weighted by molar-refractivity contribution is 0.0976. The van der Waals surface area contributed by atoms with E-state index in [1.165, 1.54) is 10.5 Å². The second-order valence-corrected chi connectivity index (χ2v) is 6.86. The van der Waals surface area contributed by atoms with Crippen molar-refractivity contribution in [2.24, 2.45) is 0 Å². The highest BCUT2D eigenvalue weighted by atomic mass is 32.2. The van der Waals surface area contributed by atoms with E-state index in [4.69, 9.17) is 0 Å². The molecule has 2 aliphatic rings. The van der Waals surface area contributed by atoms with E-state index >= 15 is 0 Å². The Balaban J connectivity index is 1.76. The SMILES string of the molecule is Cc1nc(C2CC2)ncc1C(=O)NS(=O)(=O)N1CCC1. The molecular formula is C12H16N4O3S. The van der Waals surface area contributed by atoms with Crippen LogP contribution in [0, 0.1) is 6.92 Å². The number of aryl methyl sites for hydroxylation is 1. The highest BCUT2D eigenvalue weighted by Crippen LogP contribution is 2.37. The minimum Gasteiger partial charge on any atom is -0.268 e. The van der Waals surface area contributed by atoms with Gasteiger partial charge in [0.2, 0.25) is 0 Å². The van der Waals surface area contributed by atoms with Crippen molar-refractivity contribution in [3.63, 3.8) is 0 Å². The summed E-state index contributed by atoms with van der Waals surface area (Å²) < 4.78 is 27.0. The van der Waals surface area contributed by atoms with Crippen LogP contribution in [0.4, 0.5) is 0 Å². The zero-order valence-corrected chi connectivity index (χ0v) is 12.0. The van der Waals surface area contributed by atoms with Gasteiger partial charge in [0.05, 0.1) is 11.3 Å². The van der Waals surface area contributed by atoms with Crippen LogP contribution in [0.3, 0.4) is 0 Å². The minimum absolute atomic E-state index is 0.207. The second-order valence-electron chi connectivity index (χ2n) is 5.19. The third kappa shape index (κ3) is 2.53. The van der Waals surface area contributed by atoms with Gasteiger partial charge in [-0.2, -0.15) is 12.7 Å². The van der Waals surface area contributed by atoms with Crippen molar-refractivity contribution in [3.8, 4) is 0 Å². The van der Waals surface area contributed by atoms with Crippen molar-refractivity contribution in [1.29, 1.82) is 0 Å². The molecule has 108 valence electrons. The van der Waals surface area contributed by atoms with Gasteiger partial charge < -0.3 is 0 Å². The molecular weight excluding hydrogens is 280 g/mol. The third-order valence-electron chi connectivity index (χ3n) is 3.56. The molecule has 1 amide bonds. The Morgan fingerprint density at radius 1 is 1.40 bits per heavy atom. The molecule has 7 nitrogen and oxygen atoms in total. The van der Waals surface area contributed by atoms with Gasteiger partial charge in [0.25, 0.3) is 5.91 Å². The van der Waals surface area contributed by atoms with E-state index in [0.717, 1.165) is 25.1 Å². The lowest BCUT2D eigenvalue weighted by atomic mass is 10.2. The molecule has 3 rings (SSSR count). The number of nitrogens with zero attached hydrogens (tertiary/aromatic N) is 3. The van der Waals surface area contributed by atoms with Crippen molar-refractivity contribution in [1.82, 2.24) is 19.0 Å². The van der Waals surface area contributed by atoms with E-state index in [1.54, 1.807) is 6.92 Å². The summed E-state index contributed by atoms with van der Waals surface area (Å²) in [6, 6.07) is 0. The molecule has 2 heterocycles. The zero-order chi connectivity index (χ0) is 14.3. The molecule has 1 N–H and O–H groups in total. The van der Waals surface area contributed by atoms with Crippen molar-refractivity contribution in [2.45, 2.75) is 32.1 Å². The predicted molar refractivity (Wildman–Crippen MR) is 71.3 cm³/mol. The smallest absolute Gasteiger partial charge is 0.268 e. The fourth-order valence-electron chi connectivity index (χ4n) is 2.01. The molecule has 0 aromatic carbocycles. The summed E-state index contributed by atoms with van der Waals surface area (Å²) in [5, 5.41) is 0. The Morgan fingerprint density at radius 2 is 2.10 bits per heavy atom. The number of nitrogens with one attached hydrogen (secondary N) is 1. The van der Waals surface area contributed by atoms with E-state index in [0.29, 0.717) is 24.7 Å². The average molecular weight is 296 g/mol. The Kier molecular flexibility index (Phi) is 3.21. The quantitative estimate of drug-likeness (QED) is 0.865. The number of hydrogen-bond donors (Lipinski definition) is 1. The third-order valence-corrected chi connectivity index (χ3v) is 5.05. The summed E-state index contributed by atoms with van der Waals surface area (Å²) in [6.45, 7) is 2.61. The molecule has 1 aliphatic heterocycles. The van der Waals surface area contributed by atoms with Crippen molar-refractivity contribution in [3.05, 3.63) is 23.3 Å². The van der Waals surface area contributed by atoms with Gasteiger partial charge in [-0.25, -0.2) is 14.7 Å². The summed E-state index contributed by atoms with van der Waals surface area (Å²) in [5.41, 5.74) is 0.719. The molecule has 1 aliphatic carbocycles. The molecule has 0 atom stereocenters. The molecule has 0 unspecified atom stereocenters. The largest absolute Gasteiger partial charge is 0.304 e. The van der Waals surface area contributed by atoms with Gasteiger partial charge in [0.15, 0.2) is 0 Å². The molecule has 1 aromatic rings. The fourth-order valence-corrected chi connectivity index (χ4v) is 3.22. The van der Waals surface area contributed by atoms with Crippen molar-refractivity contribution >= 4 is 16.1 Å². The topological polar surface area (TPSA) is 92.3 Å². The van der Waals surface area contributed by atoms with Crippen LogP contribution in [0.5, 0.6) is 0 Å². The molecule has 2 fully saturated rings. The summed E-state index contributed by atoms with van der Waals surface area (Å²) in [5.74, 6) is 0.469. The van der Waals surface area contributed by atoms with Gasteiger partial charge in [-0.1, -0.05) is 0 Å². The summed E-state index contributed by atoms with van der Waals surface area (Å²) >= 11 is 0. The normalized spacial score (nSPS) is 19.4. The fraction of sp³-hybridized carbons (Fsp3) is 0.583. The first kappa shape index (κ1) is 13.4. The molecule has 0 bridgehead atoms. The Morgan fingerprint density at radius 3 is 2.60 bits per heavy atom. The molecule has 1 saturated carbocycles. The number of carbonyl (C=O) groups is 1. The molecule has 0 spiro atoms. The van der Waals surface area contributed by atoms with Gasteiger partial charge in [-0.05, 0) is 26.2 Å². The summed E-state index contributed by atoms with van der Waals surface area (Å²) in [6.07, 6.45) is 4.40. The van der Waals surface area contributed by atoms with Crippen LogP contribution in [0.1, 0.15) is 47.1 Å². The van der Waals surface area contributed by atoms with Crippen LogP contribution >= 0.6 is 0 Å². The van der Waals surface area contributed by atoms with Crippen LogP contribution in [0.2, 0.25) is 0 Å². The number of aromatic nitrogens is 2. The van der Waals surface area contributed by atoms with E-state index in [1.807, 2.05) is 0 Å². The highest BCUT2D eigenvalue weighted by molar-refractivity contribution is 7.87. The number of hydrogen-bond acceptors (Lipinski definition) is 5. The molecule has 1 saturated heterocycles. The standard InChI is InChI=1S/C12H16N4O3S/c1-8-10(7-13-11(14-8)9-3-4-9)12(17)15-20(18,19)16-5-2-6-16/h7,9H,2-6H2,1H3,(H,15,17). The molecule has 1 aromatic heterocycles. The van der Waals surface area contributed by atoms with Crippen LogP contribution in [0.25, 0.3) is 0 Å². The van der Waals surface area contributed by atoms with E-state index in [-0.39, 0.29) is 5.56 Å². The Bertz CT molecular complexity index is 651. The van der Waals surface area contributed by atoms with E-state index < -0.39 is 16.1 Å². The number of carbonyl (C=O) groups excluding carboxylic acids is 1. The van der Waals surface area contributed by atoms with Crippen molar-refractivity contribution < 1.29 is 13.2 Å². The van der Waals surface area contributed by atoms with Gasteiger partial charge >= 0.3 is 10.2 Å². The summed E-state index contributed by atoms with van der Waals surface area (Å²) in [4.78, 5) is 20.5. The first-order valence-corrected chi connectivity index (χ1v) is 8.07. The predicted octanol–water partition coefficient (Wildman–Crippen LogP) is 0.343. The molecule has 0 radical (unpaired) electrons. The Hall–Kier alpha value is -1.54. The summed E-state index contributed by atoms with van der Waals surface area (Å²) in [7, 11) is -3.72. The lowest BCUT2D eigenvalue weighted by Crippen LogP contribution is -2.49. The highest BCUT2D eigenvalue weighted by Gasteiger charge is 2.31. The maximum atomic E-state index is 12.0. The van der Waals surface area contributed by atoms with Gasteiger partial charge in [0.1, 0.15) is 5.82 Å². The lowest BCUT2D eigenvalue weighted by Gasteiger charge is -2.29. The zero-order valence-electron chi connectivity index (χ0n) is 11.2. The first-order chi connectivity index (χ1) is 9.47. The van der Waals surface area contributed by atoms with Gasteiger partial charge in [0, 0.05) is 25.2 Å². The second kappa shape index (κ2) is 4.78. The number of amides is 1. The molecule has 20 heavy (non-hydrogen) atoms. The maximum Gasteiger partial charge on any atom is 0.304 e. The number of rotatable bonds is 4. The van der Waals surface area contributed by atoms with Crippen molar-refractivity contribution in [2.75, 3.05) is 13.1 Å². The van der Waals surface area contributed by atoms with Gasteiger partial charge in [-0.3, -0.25) is 4.79 Å². The van der Waals surface area contributed by atoms with Crippen LogP contribution in [-0.2, 0) is 10.2 Å². The molecule has 8 heteroatoms. The maximum absolute atomic E-state index is 12.0. The van der Waals surface area contributed by atoms with Crippen LogP contribution in [-0.4, -0.2) is 41.7 Å². The van der Waals surface area contributed by atoms with E-state index in [9.17, 15) is 13.2 Å². The monoisotopic (exact) mass is 296 g/mol. The van der Waals surface area contributed by atoms with Crippen LogP contribution in [0.15, 0.2) is 6.20 Å². The van der Waals surface area contributed by atoms with E-state index in [2.05, 4.69) is 14.7 Å². The Labute approximate surface area is 117 Å². The van der Waals surface area contributed by atoms with Gasteiger partial charge in [-0.15, -0.1) is 0 Å². The van der Waals surface area contributed by atoms with Crippen LogP contribution < -0.4 is 4.72 Å². The minimum atomic E-state index is -3.72. The average Bonchev–Trinajstić information content (AvgIpc) is 3.07. The first-order valence-electron chi connectivity index (χ1n) is 6.63.